The Balaban J connectivity index is 1.32. The molecule has 5 heteroatoms. The maximum atomic E-state index is 5.01. The summed E-state index contributed by atoms with van der Waals surface area (Å²) in [7, 11) is 0. The SMILES string of the molecule is c1ccc(-c2ccc3c(c2)C(c2ccccc2)(c2ccccc2)c2cc(-c4nc(-c5ccccn5)nc(-c5ccccn5)n4)ccc2-3)cc1. The number of hydrogen-bond donors (Lipinski definition) is 0. The molecule has 0 bridgehead atoms. The smallest absolute Gasteiger partial charge is 0.182 e. The van der Waals surface area contributed by atoms with E-state index >= 15 is 0 Å². The van der Waals surface area contributed by atoms with Crippen LogP contribution in [-0.2, 0) is 5.41 Å². The summed E-state index contributed by atoms with van der Waals surface area (Å²) in [6, 6.07) is 57.3. The van der Waals surface area contributed by atoms with Crippen molar-refractivity contribution in [2.24, 2.45) is 0 Å². The zero-order valence-electron chi connectivity index (χ0n) is 26.5. The first-order valence-corrected chi connectivity index (χ1v) is 16.3. The van der Waals surface area contributed by atoms with Crippen molar-refractivity contribution >= 4 is 0 Å². The molecule has 0 fully saturated rings. The van der Waals surface area contributed by atoms with Gasteiger partial charge in [0.25, 0.3) is 0 Å². The zero-order valence-corrected chi connectivity index (χ0v) is 26.5. The number of pyridine rings is 2. The van der Waals surface area contributed by atoms with Gasteiger partial charge in [-0.3, -0.25) is 9.97 Å². The van der Waals surface area contributed by atoms with Crippen molar-refractivity contribution in [2.45, 2.75) is 5.41 Å². The Hall–Kier alpha value is -6.59. The minimum absolute atomic E-state index is 0.500. The van der Waals surface area contributed by atoms with Gasteiger partial charge in [0.2, 0.25) is 0 Å². The van der Waals surface area contributed by atoms with Crippen LogP contribution in [0.3, 0.4) is 0 Å². The van der Waals surface area contributed by atoms with E-state index in [4.69, 9.17) is 15.0 Å². The second-order valence-corrected chi connectivity index (χ2v) is 12.1. The van der Waals surface area contributed by atoms with Gasteiger partial charge in [0.1, 0.15) is 11.4 Å². The Labute approximate surface area is 284 Å². The van der Waals surface area contributed by atoms with Crippen LogP contribution >= 0.6 is 0 Å². The molecule has 0 saturated carbocycles. The topological polar surface area (TPSA) is 64.5 Å². The van der Waals surface area contributed by atoms with Crippen LogP contribution in [0, 0.1) is 0 Å². The quantitative estimate of drug-likeness (QED) is 0.184. The Morgan fingerprint density at radius 3 is 1.31 bits per heavy atom. The standard InChI is InChI=1S/C44H29N5/c1-4-14-30(15-5-1)31-22-24-35-36-25-23-32(41-47-42(39-20-10-12-26-45-39)49-43(48-41)40-21-11-13-27-46-40)29-38(36)44(37(35)28-31,33-16-6-2-7-17-33)34-18-8-3-9-19-34/h1-29H. The molecule has 0 radical (unpaired) electrons. The summed E-state index contributed by atoms with van der Waals surface area (Å²) < 4.78 is 0. The molecule has 0 unspecified atom stereocenters. The highest BCUT2D eigenvalue weighted by Crippen LogP contribution is 2.57. The second kappa shape index (κ2) is 11.9. The normalized spacial score (nSPS) is 12.7. The fourth-order valence-electron chi connectivity index (χ4n) is 7.16. The van der Waals surface area contributed by atoms with E-state index in [-0.39, 0.29) is 0 Å². The second-order valence-electron chi connectivity index (χ2n) is 12.1. The van der Waals surface area contributed by atoms with E-state index in [0.29, 0.717) is 28.9 Å². The van der Waals surface area contributed by atoms with Crippen LogP contribution in [0.2, 0.25) is 0 Å². The molecule has 1 aliphatic carbocycles. The molecule has 9 rings (SSSR count). The number of rotatable bonds is 6. The van der Waals surface area contributed by atoms with Gasteiger partial charge in [0.05, 0.1) is 5.41 Å². The molecule has 0 atom stereocenters. The van der Waals surface area contributed by atoms with Crippen molar-refractivity contribution in [1.82, 2.24) is 24.9 Å². The maximum Gasteiger partial charge on any atom is 0.182 e. The molecule has 0 spiro atoms. The van der Waals surface area contributed by atoms with Crippen LogP contribution in [0.1, 0.15) is 22.3 Å². The monoisotopic (exact) mass is 627 g/mol. The summed E-state index contributed by atoms with van der Waals surface area (Å²) in [5, 5.41) is 0. The van der Waals surface area contributed by atoms with Crippen LogP contribution in [0.5, 0.6) is 0 Å². The molecule has 49 heavy (non-hydrogen) atoms. The molecule has 0 aliphatic heterocycles. The molecule has 3 heterocycles. The van der Waals surface area contributed by atoms with E-state index in [0.717, 1.165) is 5.56 Å². The van der Waals surface area contributed by atoms with Crippen molar-refractivity contribution in [2.75, 3.05) is 0 Å². The summed E-state index contributed by atoms with van der Waals surface area (Å²) in [4.78, 5) is 24.0. The lowest BCUT2D eigenvalue weighted by Crippen LogP contribution is -2.28. The highest BCUT2D eigenvalue weighted by molar-refractivity contribution is 5.90. The predicted octanol–water partition coefficient (Wildman–Crippen LogP) is 9.69. The average molecular weight is 628 g/mol. The van der Waals surface area contributed by atoms with Gasteiger partial charge < -0.3 is 0 Å². The molecular weight excluding hydrogens is 599 g/mol. The van der Waals surface area contributed by atoms with Crippen LogP contribution in [-0.4, -0.2) is 24.9 Å². The van der Waals surface area contributed by atoms with E-state index in [1.807, 2.05) is 36.4 Å². The van der Waals surface area contributed by atoms with Crippen LogP contribution in [0.4, 0.5) is 0 Å². The van der Waals surface area contributed by atoms with E-state index in [1.54, 1.807) is 12.4 Å². The number of aromatic nitrogens is 5. The summed E-state index contributed by atoms with van der Waals surface area (Å²) in [5.41, 5.74) is 11.2. The van der Waals surface area contributed by atoms with Crippen LogP contribution < -0.4 is 0 Å². The molecule has 5 aromatic carbocycles. The van der Waals surface area contributed by atoms with Crippen LogP contribution in [0.15, 0.2) is 176 Å². The average Bonchev–Trinajstić information content (AvgIpc) is 3.49. The highest BCUT2D eigenvalue weighted by Gasteiger charge is 2.46. The van der Waals surface area contributed by atoms with Crippen molar-refractivity contribution < 1.29 is 0 Å². The third-order valence-electron chi connectivity index (χ3n) is 9.34. The number of fused-ring (bicyclic) bond motifs is 3. The lowest BCUT2D eigenvalue weighted by atomic mass is 9.67. The molecule has 0 amide bonds. The Bertz CT molecular complexity index is 2320. The summed E-state index contributed by atoms with van der Waals surface area (Å²) >= 11 is 0. The number of nitrogens with zero attached hydrogens (tertiary/aromatic N) is 5. The molecule has 0 N–H and O–H groups in total. The lowest BCUT2D eigenvalue weighted by Gasteiger charge is -2.34. The minimum atomic E-state index is -0.589. The fraction of sp³-hybridized carbons (Fsp3) is 0.0227. The Morgan fingerprint density at radius 1 is 0.347 bits per heavy atom. The molecule has 1 aliphatic rings. The van der Waals surface area contributed by atoms with Gasteiger partial charge >= 0.3 is 0 Å². The van der Waals surface area contributed by atoms with Crippen molar-refractivity contribution in [3.63, 3.8) is 0 Å². The maximum absolute atomic E-state index is 5.01. The van der Waals surface area contributed by atoms with Gasteiger partial charge in [-0.25, -0.2) is 15.0 Å². The molecule has 5 nitrogen and oxygen atoms in total. The van der Waals surface area contributed by atoms with Gasteiger partial charge in [-0.2, -0.15) is 0 Å². The largest absolute Gasteiger partial charge is 0.253 e. The Morgan fingerprint density at radius 2 is 0.796 bits per heavy atom. The predicted molar refractivity (Wildman–Crippen MR) is 194 cm³/mol. The summed E-state index contributed by atoms with van der Waals surface area (Å²) in [5.74, 6) is 1.56. The van der Waals surface area contributed by atoms with E-state index in [2.05, 4.69) is 137 Å². The van der Waals surface area contributed by atoms with E-state index in [1.165, 1.54) is 44.5 Å². The molecule has 0 saturated heterocycles. The van der Waals surface area contributed by atoms with Gasteiger partial charge in [0.15, 0.2) is 17.5 Å². The lowest BCUT2D eigenvalue weighted by molar-refractivity contribution is 0.769. The highest BCUT2D eigenvalue weighted by atomic mass is 15.1. The first-order chi connectivity index (χ1) is 24.3. The molecule has 8 aromatic rings. The van der Waals surface area contributed by atoms with E-state index in [9.17, 15) is 0 Å². The van der Waals surface area contributed by atoms with E-state index < -0.39 is 5.41 Å². The molecule has 230 valence electrons. The minimum Gasteiger partial charge on any atom is -0.253 e. The first kappa shape index (κ1) is 28.6. The third kappa shape index (κ3) is 4.83. The van der Waals surface area contributed by atoms with Crippen molar-refractivity contribution in [3.8, 4) is 56.7 Å². The zero-order chi connectivity index (χ0) is 32.6. The number of benzene rings is 5. The number of hydrogen-bond acceptors (Lipinski definition) is 5. The summed E-state index contributed by atoms with van der Waals surface area (Å²) in [6.45, 7) is 0. The van der Waals surface area contributed by atoms with Gasteiger partial charge in [-0.15, -0.1) is 0 Å². The Kier molecular flexibility index (Phi) is 6.95. The van der Waals surface area contributed by atoms with Crippen LogP contribution in [0.25, 0.3) is 56.7 Å². The first-order valence-electron chi connectivity index (χ1n) is 16.3. The van der Waals surface area contributed by atoms with Gasteiger partial charge in [-0.1, -0.05) is 127 Å². The van der Waals surface area contributed by atoms with Crippen molar-refractivity contribution in [1.29, 1.82) is 0 Å². The summed E-state index contributed by atoms with van der Waals surface area (Å²) in [6.07, 6.45) is 3.51. The van der Waals surface area contributed by atoms with Gasteiger partial charge in [0, 0.05) is 18.0 Å². The molecular formula is C44H29N5. The fourth-order valence-corrected chi connectivity index (χ4v) is 7.16. The third-order valence-corrected chi connectivity index (χ3v) is 9.34. The van der Waals surface area contributed by atoms with Crippen molar-refractivity contribution in [3.05, 3.63) is 198 Å². The van der Waals surface area contributed by atoms with Gasteiger partial charge in [-0.05, 0) is 80.9 Å². The molecule has 3 aromatic heterocycles.